The van der Waals surface area contributed by atoms with Crippen molar-refractivity contribution in [1.82, 2.24) is 45.0 Å². The maximum absolute atomic E-state index is 17.1. The Labute approximate surface area is 477 Å². The number of carbonyl (C=O) groups is 5. The highest BCUT2D eigenvalue weighted by Crippen LogP contribution is 2.46. The number of nitrogens with one attached hydrogen (secondary N) is 2. The number of cyclic esters (lactones) is 1. The molecule has 1 aromatic carbocycles. The first-order valence-electron chi connectivity index (χ1n) is 27.4. The van der Waals surface area contributed by atoms with Gasteiger partial charge in [-0.2, -0.15) is 26.3 Å². The number of hydrogen-bond donors (Lipinski definition) is 2. The molecule has 8 heterocycles. The maximum Gasteiger partial charge on any atom is 0.406 e. The highest BCUT2D eigenvalue weighted by Gasteiger charge is 2.52. The van der Waals surface area contributed by atoms with E-state index in [0.29, 0.717) is 24.1 Å². The van der Waals surface area contributed by atoms with Crippen molar-refractivity contribution < 1.29 is 68.6 Å². The SMILES string of the molecule is CO[C@@H](C)c1ncc(N2CCN(CC(F)(F)F)CC2)cc1-c1c2c3cc(c(F)cc3n1CC(F)(F)F)-c1csc(n1)C[C@H](NC(=O)[C@H](C(C)C)N1CCC3(CCN(C(=O)[C@H](F)Cl)CC3)C1=O)C(=O)N1CCC[C@H](N1)C(=O)OCC(C)(C)C2. The minimum atomic E-state index is -4.86. The summed E-state index contributed by atoms with van der Waals surface area (Å²) in [6.07, 6.45) is -7.46. The van der Waals surface area contributed by atoms with Crippen LogP contribution in [0.5, 0.6) is 0 Å². The largest absolute Gasteiger partial charge is 0.464 e. The van der Waals surface area contributed by atoms with Crippen molar-refractivity contribution >= 4 is 69.1 Å². The Morgan fingerprint density at radius 2 is 1.62 bits per heavy atom. The fourth-order valence-corrected chi connectivity index (χ4v) is 13.2. The van der Waals surface area contributed by atoms with Gasteiger partial charge in [-0.05, 0) is 75.1 Å². The van der Waals surface area contributed by atoms with Crippen molar-refractivity contribution in [2.45, 2.75) is 128 Å². The molecule has 0 radical (unpaired) electrons. The van der Waals surface area contributed by atoms with Gasteiger partial charge in [0.1, 0.15) is 30.5 Å². The number of amides is 4. The Kier molecular flexibility index (Phi) is 17.6. The van der Waals surface area contributed by atoms with Crippen molar-refractivity contribution in [3.05, 3.63) is 51.9 Å². The first-order chi connectivity index (χ1) is 38.6. The molecule has 17 nitrogen and oxygen atoms in total. The number of methoxy groups -OCH3 is 1. The Morgan fingerprint density at radius 3 is 2.27 bits per heavy atom. The minimum absolute atomic E-state index is 0.0215. The molecular weight excluding hydrogens is 1130 g/mol. The number of nitrogens with zero attached hydrogens (tertiary/aromatic N) is 8. The molecule has 448 valence electrons. The van der Waals surface area contributed by atoms with Crippen LogP contribution in [0.15, 0.2) is 29.8 Å². The van der Waals surface area contributed by atoms with Crippen molar-refractivity contribution in [3.8, 4) is 22.5 Å². The highest BCUT2D eigenvalue weighted by atomic mass is 35.5. The molecule has 4 saturated heterocycles. The van der Waals surface area contributed by atoms with Gasteiger partial charge in [0.2, 0.25) is 11.8 Å². The molecule has 4 aromatic rings. The lowest BCUT2D eigenvalue weighted by atomic mass is 9.77. The van der Waals surface area contributed by atoms with Crippen LogP contribution >= 0.6 is 22.9 Å². The Morgan fingerprint density at radius 1 is 0.939 bits per heavy atom. The van der Waals surface area contributed by atoms with Crippen LogP contribution in [0.1, 0.15) is 89.1 Å². The van der Waals surface area contributed by atoms with Crippen LogP contribution in [-0.2, 0) is 52.8 Å². The fourth-order valence-electron chi connectivity index (χ4n) is 12.2. The van der Waals surface area contributed by atoms with Crippen molar-refractivity contribution in [3.63, 3.8) is 0 Å². The number of esters is 1. The number of ether oxygens (including phenoxy) is 2. The van der Waals surface area contributed by atoms with Gasteiger partial charge in [-0.15, -0.1) is 11.3 Å². The van der Waals surface area contributed by atoms with Crippen LogP contribution in [0.25, 0.3) is 33.4 Å². The molecule has 27 heteroatoms. The van der Waals surface area contributed by atoms with E-state index in [-0.39, 0.29) is 141 Å². The number of thiazole rings is 1. The summed E-state index contributed by atoms with van der Waals surface area (Å²) in [5.41, 5.74) is -0.146. The van der Waals surface area contributed by atoms with E-state index in [1.54, 1.807) is 45.6 Å². The lowest BCUT2D eigenvalue weighted by Gasteiger charge is -2.39. The molecular formula is C55H67ClF8N10O7S. The third kappa shape index (κ3) is 13.0. The first kappa shape index (κ1) is 60.9. The molecule has 6 bridgehead atoms. The van der Waals surface area contributed by atoms with Crippen LogP contribution < -0.4 is 15.6 Å². The monoisotopic (exact) mass is 1200 g/mol. The lowest BCUT2D eigenvalue weighted by molar-refractivity contribution is -0.155. The zero-order valence-electron chi connectivity index (χ0n) is 46.3. The number of piperidine rings is 1. The van der Waals surface area contributed by atoms with Gasteiger partial charge in [0, 0.05) is 93.2 Å². The summed E-state index contributed by atoms with van der Waals surface area (Å²) < 4.78 is 129. The number of hydrogen-bond acceptors (Lipinski definition) is 13. The van der Waals surface area contributed by atoms with Crippen molar-refractivity contribution in [2.75, 3.05) is 77.5 Å². The number of rotatable bonds is 11. The average molecular weight is 1200 g/mol. The molecule has 9 rings (SSSR count). The van der Waals surface area contributed by atoms with Crippen LogP contribution in [0.3, 0.4) is 0 Å². The summed E-state index contributed by atoms with van der Waals surface area (Å²) in [6, 6.07) is 0.583. The summed E-state index contributed by atoms with van der Waals surface area (Å²) in [4.78, 5) is 85.7. The number of fused-ring (bicyclic) bond motifs is 6. The number of alkyl halides is 8. The second-order valence-electron chi connectivity index (χ2n) is 23.3. The summed E-state index contributed by atoms with van der Waals surface area (Å²) in [7, 11) is 1.41. The zero-order valence-corrected chi connectivity index (χ0v) is 47.9. The lowest BCUT2D eigenvalue weighted by Crippen LogP contribution is -2.62. The Hall–Kier alpha value is -5.70. The topological polar surface area (TPSA) is 175 Å². The summed E-state index contributed by atoms with van der Waals surface area (Å²) in [6.45, 7) is 6.63. The molecule has 82 heavy (non-hydrogen) atoms. The smallest absolute Gasteiger partial charge is 0.406 e. The summed E-state index contributed by atoms with van der Waals surface area (Å²) >= 11 is 6.48. The molecule has 0 unspecified atom stereocenters. The second kappa shape index (κ2) is 23.7. The minimum Gasteiger partial charge on any atom is -0.464 e. The van der Waals surface area contributed by atoms with E-state index < -0.39 is 102 Å². The molecule has 0 aliphatic carbocycles. The third-order valence-electron chi connectivity index (χ3n) is 16.5. The van der Waals surface area contributed by atoms with E-state index in [9.17, 15) is 41.5 Å². The van der Waals surface area contributed by atoms with Gasteiger partial charge in [-0.25, -0.2) is 19.2 Å². The van der Waals surface area contributed by atoms with Crippen LogP contribution in [0.4, 0.5) is 40.8 Å². The molecule has 5 aliphatic rings. The van der Waals surface area contributed by atoms with E-state index in [1.807, 2.05) is 0 Å². The number of benzene rings is 1. The van der Waals surface area contributed by atoms with Gasteiger partial charge in [-0.1, -0.05) is 39.3 Å². The quantitative estimate of drug-likeness (QED) is 0.0844. The Bertz CT molecular complexity index is 3070. The number of piperazine rings is 1. The number of carbonyl (C=O) groups excluding carboxylic acids is 5. The van der Waals surface area contributed by atoms with E-state index in [1.165, 1.54) is 44.5 Å². The van der Waals surface area contributed by atoms with E-state index >= 15 is 17.6 Å². The average Bonchev–Trinajstić information content (AvgIpc) is 3.94. The van der Waals surface area contributed by atoms with E-state index in [4.69, 9.17) is 31.0 Å². The predicted molar refractivity (Wildman–Crippen MR) is 288 cm³/mol. The number of pyridine rings is 1. The van der Waals surface area contributed by atoms with Crippen LogP contribution in [0, 0.1) is 22.6 Å². The van der Waals surface area contributed by atoms with E-state index in [0.717, 1.165) is 22.0 Å². The number of likely N-dealkylation sites (tertiary alicyclic amines) is 2. The van der Waals surface area contributed by atoms with E-state index in [2.05, 4.69) is 10.7 Å². The molecule has 2 N–H and O–H groups in total. The van der Waals surface area contributed by atoms with Gasteiger partial charge in [-0.3, -0.25) is 38.9 Å². The number of anilines is 1. The maximum atomic E-state index is 17.1. The zero-order chi connectivity index (χ0) is 59.4. The fraction of sp³-hybridized carbons (Fsp3) is 0.618. The molecule has 5 atom stereocenters. The van der Waals surface area contributed by atoms with Crippen molar-refractivity contribution in [2.24, 2.45) is 16.7 Å². The second-order valence-corrected chi connectivity index (χ2v) is 24.6. The molecule has 4 fully saturated rings. The molecule has 5 aliphatic heterocycles. The van der Waals surface area contributed by atoms with Crippen molar-refractivity contribution in [1.29, 1.82) is 0 Å². The van der Waals surface area contributed by atoms with Gasteiger partial charge >= 0.3 is 18.3 Å². The molecule has 4 amide bonds. The normalized spacial score (nSPS) is 22.4. The standard InChI is InChI=1S/C55H67ClF8N10O7S/c1-30(2)44(72-15-11-53(51(72)79)9-13-71(14-10-53)49(77)46(56)58)47(75)67-39-23-42-66-40(26-82-42)34-21-33-36(24-52(4,5)29-81-50(78)38-8-7-12-74(68-38)48(39)76)45(73(28-55(62,63)64)41(33)22-37(34)57)35-20-32(25-65-43(35)31(3)80-6)70-18-16-69(17-19-70)27-54(59,60)61/h20-22,25-26,30-31,38-39,44,46,68H,7-19,23-24,27-29H2,1-6H3,(H,67,75)/t31-,38-,39-,44-,46-/m0/s1. The van der Waals surface area contributed by atoms with Gasteiger partial charge < -0.3 is 34.1 Å². The van der Waals surface area contributed by atoms with Gasteiger partial charge in [0.25, 0.3) is 17.4 Å². The summed E-state index contributed by atoms with van der Waals surface area (Å²) in [5, 5.41) is 6.13. The third-order valence-corrected chi connectivity index (χ3v) is 17.5. The summed E-state index contributed by atoms with van der Waals surface area (Å²) in [5.74, 6) is -4.62. The Balaban J connectivity index is 1.11. The predicted octanol–water partition coefficient (Wildman–Crippen LogP) is 7.97. The number of hydrazine groups is 1. The molecule has 1 spiro atoms. The first-order valence-corrected chi connectivity index (χ1v) is 28.7. The number of aromatic nitrogens is 3. The molecule has 0 saturated carbocycles. The highest BCUT2D eigenvalue weighted by molar-refractivity contribution is 7.10. The van der Waals surface area contributed by atoms with Crippen LogP contribution in [-0.4, -0.2) is 173 Å². The number of halogens is 9. The van der Waals surface area contributed by atoms with Gasteiger partial charge in [0.05, 0.1) is 64.2 Å². The van der Waals surface area contributed by atoms with Gasteiger partial charge in [0.15, 0.2) is 0 Å². The van der Waals surface area contributed by atoms with Crippen LogP contribution in [0.2, 0.25) is 0 Å². The molecule has 3 aromatic heterocycles.